The zero-order chi connectivity index (χ0) is 40.0. The molecule has 0 aliphatic rings. The van der Waals surface area contributed by atoms with Crippen molar-refractivity contribution in [2.75, 3.05) is 26.4 Å². The Morgan fingerprint density at radius 3 is 2.05 bits per heavy atom. The molecule has 55 heavy (non-hydrogen) atoms. The maximum atomic E-state index is 13.5. The number of aliphatic hydroxyl groups is 1. The molecule has 0 bridgehead atoms. The summed E-state index contributed by atoms with van der Waals surface area (Å²) in [6.45, 7) is 7.08. The van der Waals surface area contributed by atoms with Gasteiger partial charge in [0.1, 0.15) is 17.1 Å². The van der Waals surface area contributed by atoms with Gasteiger partial charge >= 0.3 is 12.1 Å². The number of rotatable bonds is 22. The van der Waals surface area contributed by atoms with Crippen molar-refractivity contribution in [2.24, 2.45) is 0 Å². The van der Waals surface area contributed by atoms with Crippen molar-refractivity contribution in [1.82, 2.24) is 40.5 Å². The molecule has 0 aliphatic heterocycles. The quantitative estimate of drug-likeness (QED) is 0.0407. The number of tetrazole rings is 1. The van der Waals surface area contributed by atoms with Crippen molar-refractivity contribution < 1.29 is 59.4 Å². The van der Waals surface area contributed by atoms with Crippen LogP contribution in [0.4, 0.5) is 4.79 Å². The smallest absolute Gasteiger partial charge is 0.461 e. The van der Waals surface area contributed by atoms with Gasteiger partial charge in [-0.25, -0.2) is 14.6 Å². The van der Waals surface area contributed by atoms with E-state index in [1.165, 1.54) is 0 Å². The number of esters is 1. The first-order valence-electron chi connectivity index (χ1n) is 17.7. The van der Waals surface area contributed by atoms with Crippen molar-refractivity contribution in [3.8, 4) is 22.5 Å². The number of aryl methyl sites for hydroxylation is 1. The Balaban J connectivity index is 1.47. The molecule has 2 heterocycles. The highest BCUT2D eigenvalue weighted by Crippen LogP contribution is 2.31. The summed E-state index contributed by atoms with van der Waals surface area (Å²) >= 11 is 0. The van der Waals surface area contributed by atoms with E-state index in [0.29, 0.717) is 49.3 Å². The minimum absolute atomic E-state index is 0.0150. The largest absolute Gasteiger partial charge is 0.510 e. The predicted octanol–water partition coefficient (Wildman–Crippen LogP) is 4.84. The van der Waals surface area contributed by atoms with E-state index in [9.17, 15) is 14.7 Å². The summed E-state index contributed by atoms with van der Waals surface area (Å²) < 4.78 is 17.7. The van der Waals surface area contributed by atoms with Gasteiger partial charge in [-0.15, -0.1) is 15.0 Å². The molecule has 0 radical (unpaired) electrons. The number of hydrogen-bond donors (Lipinski definition) is 5. The van der Waals surface area contributed by atoms with Crippen LogP contribution in [0.2, 0.25) is 0 Å². The highest BCUT2D eigenvalue weighted by Gasteiger charge is 2.32. The molecule has 0 amide bonds. The maximum absolute atomic E-state index is 13.5. The number of nitrogens with zero attached hydrogens (tertiary/aromatic N) is 8. The van der Waals surface area contributed by atoms with Gasteiger partial charge in [0.15, 0.2) is 5.69 Å². The Labute approximate surface area is 316 Å². The molecule has 4 rings (SSSR count). The molecule has 2 aromatic heterocycles. The summed E-state index contributed by atoms with van der Waals surface area (Å²) in [5, 5.41) is 57.3. The van der Waals surface area contributed by atoms with Crippen LogP contribution in [0, 0.1) is 0 Å². The van der Waals surface area contributed by atoms with Gasteiger partial charge in [-0.2, -0.15) is 0 Å². The average molecular weight is 773 g/mol. The van der Waals surface area contributed by atoms with E-state index in [2.05, 4.69) is 30.1 Å². The molecule has 300 valence electrons. The van der Waals surface area contributed by atoms with Crippen LogP contribution < -0.4 is 0 Å². The van der Waals surface area contributed by atoms with Crippen molar-refractivity contribution in [3.05, 3.63) is 71.3 Å². The summed E-state index contributed by atoms with van der Waals surface area (Å²) in [5.74, 6) is 0.292. The molecular formula is C35H48N8O12. The third kappa shape index (κ3) is 12.8. The number of carbonyl (C=O) groups excluding carboxylic acids is 2. The molecule has 0 saturated heterocycles. The van der Waals surface area contributed by atoms with Crippen LogP contribution in [0.5, 0.6) is 0 Å². The Morgan fingerprint density at radius 2 is 1.45 bits per heavy atom. The third-order valence-corrected chi connectivity index (χ3v) is 8.03. The minimum atomic E-state index is -1.43. The van der Waals surface area contributed by atoms with Gasteiger partial charge in [0.05, 0.1) is 37.2 Å². The topological polar surface area (TPSA) is 249 Å². The lowest BCUT2D eigenvalue weighted by molar-refractivity contribution is -0.492. The van der Waals surface area contributed by atoms with Crippen molar-refractivity contribution >= 4 is 12.1 Å². The lowest BCUT2D eigenvalue weighted by Gasteiger charge is -2.18. The Hall–Kier alpha value is -4.90. The van der Waals surface area contributed by atoms with E-state index in [4.69, 9.17) is 35.0 Å². The molecular weight excluding hydrogens is 724 g/mol. The van der Waals surface area contributed by atoms with Gasteiger partial charge in [-0.3, -0.25) is 30.5 Å². The van der Waals surface area contributed by atoms with E-state index < -0.39 is 24.0 Å². The average Bonchev–Trinajstić information content (AvgIpc) is 3.77. The van der Waals surface area contributed by atoms with Gasteiger partial charge in [0.2, 0.25) is 12.1 Å². The lowest BCUT2D eigenvalue weighted by atomic mass is 9.98. The van der Waals surface area contributed by atoms with Crippen molar-refractivity contribution in [1.29, 1.82) is 0 Å². The van der Waals surface area contributed by atoms with E-state index >= 15 is 0 Å². The molecule has 1 unspecified atom stereocenters. The number of aromatic nitrogens is 6. The summed E-state index contributed by atoms with van der Waals surface area (Å²) in [6, 6.07) is 15.2. The fraction of sp³-hybridized carbons (Fsp3) is 0.486. The molecule has 20 nitrogen and oxygen atoms in total. The van der Waals surface area contributed by atoms with E-state index in [-0.39, 0.29) is 55.1 Å². The van der Waals surface area contributed by atoms with Gasteiger partial charge in [-0.05, 0) is 74.8 Å². The number of imidazole rings is 1. The molecule has 1 atom stereocenters. The second-order valence-electron chi connectivity index (χ2n) is 12.8. The molecule has 2 aromatic carbocycles. The zero-order valence-electron chi connectivity index (χ0n) is 31.1. The molecule has 0 spiro atoms. The van der Waals surface area contributed by atoms with Crippen LogP contribution >= 0.6 is 0 Å². The monoisotopic (exact) mass is 772 g/mol. The zero-order valence-corrected chi connectivity index (χ0v) is 31.1. The van der Waals surface area contributed by atoms with Crippen LogP contribution in [0.3, 0.4) is 0 Å². The highest BCUT2D eigenvalue weighted by atomic mass is 17.1. The predicted molar refractivity (Wildman–Crippen MR) is 188 cm³/mol. The molecule has 0 saturated carbocycles. The SMILES string of the molecule is CCCc1nc(C(C)(C)O)c(C(=O)OCCCCON(O)O)n1Cc1ccc(-c2ccccc2-c2nnn(C(C)OC(=O)OCCCCON(O)O)n2)cc1. The van der Waals surface area contributed by atoms with Gasteiger partial charge in [-0.1, -0.05) is 55.5 Å². The van der Waals surface area contributed by atoms with Crippen molar-refractivity contribution in [2.45, 2.75) is 84.6 Å². The highest BCUT2D eigenvalue weighted by molar-refractivity contribution is 5.89. The number of hydrogen-bond acceptors (Lipinski definition) is 18. The Kier molecular flexibility index (Phi) is 16.1. The summed E-state index contributed by atoms with van der Waals surface area (Å²) in [5.41, 5.74) is 2.15. The Bertz CT molecular complexity index is 1810. The normalized spacial score (nSPS) is 12.3. The van der Waals surface area contributed by atoms with E-state index in [0.717, 1.165) is 27.9 Å². The van der Waals surface area contributed by atoms with Crippen LogP contribution in [0.15, 0.2) is 48.5 Å². The van der Waals surface area contributed by atoms with Gasteiger partial charge in [0, 0.05) is 18.5 Å². The van der Waals surface area contributed by atoms with Crippen LogP contribution in [-0.2, 0) is 42.5 Å². The van der Waals surface area contributed by atoms with Crippen LogP contribution in [0.25, 0.3) is 22.5 Å². The number of benzene rings is 2. The third-order valence-electron chi connectivity index (χ3n) is 8.03. The first-order valence-corrected chi connectivity index (χ1v) is 17.7. The molecule has 0 aliphatic carbocycles. The summed E-state index contributed by atoms with van der Waals surface area (Å²) in [6.07, 6.45) is 1.06. The molecule has 5 N–H and O–H groups in total. The summed E-state index contributed by atoms with van der Waals surface area (Å²) in [7, 11) is 0. The van der Waals surface area contributed by atoms with Crippen molar-refractivity contribution in [3.63, 3.8) is 0 Å². The molecule has 4 aromatic rings. The standard InChI is InChI=1S/C35H48N8O12/c1-5-12-29-36-31(35(3,4)46)30(33(44)51-19-8-10-21-53-42(47)48)40(29)23-25-15-17-26(18-16-25)27-13-6-7-14-28(27)32-37-39-41(38-32)24(2)55-34(45)52-20-9-11-22-54-43(49)50/h6-7,13-18,24,46-50H,5,8-12,19-23H2,1-4H3. The van der Waals surface area contributed by atoms with E-state index in [1.54, 1.807) is 25.3 Å². The number of unbranched alkanes of at least 4 members (excludes halogenated alkanes) is 2. The van der Waals surface area contributed by atoms with Gasteiger partial charge < -0.3 is 23.9 Å². The number of carbonyl (C=O) groups is 2. The van der Waals surface area contributed by atoms with E-state index in [1.807, 2.05) is 55.5 Å². The maximum Gasteiger partial charge on any atom is 0.510 e. The number of ether oxygens (including phenoxy) is 3. The first-order chi connectivity index (χ1) is 26.3. The first kappa shape index (κ1) is 42.8. The molecule has 0 fully saturated rings. The van der Waals surface area contributed by atoms with Gasteiger partial charge in [0.25, 0.3) is 0 Å². The second kappa shape index (κ2) is 20.7. The minimum Gasteiger partial charge on any atom is -0.461 e. The lowest BCUT2D eigenvalue weighted by Crippen LogP contribution is -2.23. The van der Waals surface area contributed by atoms with Crippen LogP contribution in [0.1, 0.15) is 93.6 Å². The summed E-state index contributed by atoms with van der Waals surface area (Å²) in [4.78, 5) is 40.5. The fourth-order valence-corrected chi connectivity index (χ4v) is 5.42. The molecule has 20 heteroatoms. The Morgan fingerprint density at radius 1 is 0.855 bits per heavy atom. The van der Waals surface area contributed by atoms with Crippen LogP contribution in [-0.4, -0.2) is 105 Å². The second-order valence-corrected chi connectivity index (χ2v) is 12.8. The fourth-order valence-electron chi connectivity index (χ4n) is 5.42.